The third-order valence-electron chi connectivity index (χ3n) is 0.686. The standard InChI is InChI=1S/C3H7O7P.3Na/c4-2(3(5)6)1-10-11(7,8)9;;;/h2,4H,1H2,(H,5,6)(H2,7,8,9);;;/t2-;;;/m1.../s1. The third kappa shape index (κ3) is 17.0. The zero-order chi connectivity index (χ0) is 9.07. The summed E-state index contributed by atoms with van der Waals surface area (Å²) in [6.07, 6.45) is -1.91. The number of aliphatic hydroxyl groups is 1. The van der Waals surface area contributed by atoms with Gasteiger partial charge in [0.25, 0.3) is 0 Å². The fraction of sp³-hybridized carbons (Fsp3) is 0.667. The van der Waals surface area contributed by atoms with Crippen molar-refractivity contribution in [2.45, 2.75) is 6.10 Å². The van der Waals surface area contributed by atoms with Crippen molar-refractivity contribution in [2.75, 3.05) is 6.61 Å². The predicted molar refractivity (Wildman–Crippen MR) is 48.9 cm³/mol. The van der Waals surface area contributed by atoms with Crippen LogP contribution >= 0.6 is 7.82 Å². The van der Waals surface area contributed by atoms with Crippen LogP contribution in [0.1, 0.15) is 0 Å². The SMILES string of the molecule is O=C(O)[C@H](O)COP(=O)(O)O.[Na].[Na].[Na]. The van der Waals surface area contributed by atoms with Gasteiger partial charge in [0, 0.05) is 88.7 Å². The van der Waals surface area contributed by atoms with Gasteiger partial charge < -0.3 is 20.0 Å². The quantitative estimate of drug-likeness (QED) is 0.320. The number of aliphatic hydroxyl groups excluding tert-OH is 1. The number of carboxylic acids is 1. The van der Waals surface area contributed by atoms with Crippen LogP contribution in [0, 0.1) is 0 Å². The van der Waals surface area contributed by atoms with Gasteiger partial charge in [-0.25, -0.2) is 9.36 Å². The van der Waals surface area contributed by atoms with Gasteiger partial charge in [0.1, 0.15) is 0 Å². The first-order valence-electron chi connectivity index (χ1n) is 2.44. The van der Waals surface area contributed by atoms with Gasteiger partial charge in [-0.2, -0.15) is 0 Å². The molecule has 11 heteroatoms. The number of phosphoric acid groups is 1. The molecule has 0 fully saturated rings. The van der Waals surface area contributed by atoms with Crippen LogP contribution in [-0.4, -0.2) is 127 Å². The molecule has 0 aromatic heterocycles. The number of rotatable bonds is 4. The molecule has 0 rings (SSSR count). The van der Waals surface area contributed by atoms with Gasteiger partial charge in [-0.1, -0.05) is 0 Å². The Morgan fingerprint density at radius 2 is 1.64 bits per heavy atom. The molecule has 0 aromatic carbocycles. The molecule has 3 radical (unpaired) electrons. The zero-order valence-corrected chi connectivity index (χ0v) is 15.1. The summed E-state index contributed by atoms with van der Waals surface area (Å²) < 4.78 is 13.6. The van der Waals surface area contributed by atoms with Crippen molar-refractivity contribution < 1.29 is 33.9 Å². The molecule has 0 aromatic rings. The monoisotopic (exact) mass is 255 g/mol. The minimum absolute atomic E-state index is 0. The molecule has 0 aliphatic carbocycles. The molecule has 0 saturated carbocycles. The second kappa shape index (κ2) is 12.0. The Kier molecular flexibility index (Phi) is 21.8. The summed E-state index contributed by atoms with van der Waals surface area (Å²) in [6.45, 7) is -0.931. The Morgan fingerprint density at radius 3 is 1.86 bits per heavy atom. The normalized spacial score (nSPS) is 11.4. The summed E-state index contributed by atoms with van der Waals surface area (Å²) in [6, 6.07) is 0. The van der Waals surface area contributed by atoms with E-state index in [9.17, 15) is 9.36 Å². The molecule has 14 heavy (non-hydrogen) atoms. The van der Waals surface area contributed by atoms with Crippen LogP contribution in [0.25, 0.3) is 0 Å². The van der Waals surface area contributed by atoms with Crippen LogP contribution in [0.3, 0.4) is 0 Å². The number of aliphatic carboxylic acids is 1. The average molecular weight is 255 g/mol. The Morgan fingerprint density at radius 1 is 1.29 bits per heavy atom. The molecule has 4 N–H and O–H groups in total. The summed E-state index contributed by atoms with van der Waals surface area (Å²) in [5, 5.41) is 16.4. The molecule has 69 valence electrons. The predicted octanol–water partition coefficient (Wildman–Crippen LogP) is -2.60. The second-order valence-corrected chi connectivity index (χ2v) is 2.88. The van der Waals surface area contributed by atoms with Gasteiger partial charge in [0.2, 0.25) is 0 Å². The fourth-order valence-electron chi connectivity index (χ4n) is 0.239. The van der Waals surface area contributed by atoms with E-state index in [4.69, 9.17) is 20.0 Å². The molecular formula is C3H7Na3O7P. The zero-order valence-electron chi connectivity index (χ0n) is 8.25. The van der Waals surface area contributed by atoms with Gasteiger partial charge in [-0.05, 0) is 0 Å². The molecule has 0 amide bonds. The molecule has 0 spiro atoms. The Labute approximate surface area is 147 Å². The van der Waals surface area contributed by atoms with Crippen LogP contribution in [-0.2, 0) is 13.9 Å². The summed E-state index contributed by atoms with van der Waals surface area (Å²) in [7, 11) is -4.68. The number of phosphoric ester groups is 1. The van der Waals surface area contributed by atoms with Crippen molar-refractivity contribution in [1.29, 1.82) is 0 Å². The van der Waals surface area contributed by atoms with E-state index in [0.29, 0.717) is 0 Å². The smallest absolute Gasteiger partial charge is 0.469 e. The second-order valence-electron chi connectivity index (χ2n) is 1.64. The maximum Gasteiger partial charge on any atom is 0.469 e. The summed E-state index contributed by atoms with van der Waals surface area (Å²) in [4.78, 5) is 25.9. The molecule has 0 unspecified atom stereocenters. The topological polar surface area (TPSA) is 124 Å². The number of hydrogen-bond acceptors (Lipinski definition) is 4. The summed E-state index contributed by atoms with van der Waals surface area (Å²) >= 11 is 0. The van der Waals surface area contributed by atoms with Crippen molar-refractivity contribution in [2.24, 2.45) is 0 Å². The largest absolute Gasteiger partial charge is 0.479 e. The van der Waals surface area contributed by atoms with Crippen LogP contribution in [0.15, 0.2) is 0 Å². The van der Waals surface area contributed by atoms with E-state index in [1.54, 1.807) is 0 Å². The maximum absolute atomic E-state index is 9.93. The first kappa shape index (κ1) is 25.4. The number of hydrogen-bond donors (Lipinski definition) is 4. The Hall–Kier alpha value is 2.54. The molecule has 0 aliphatic rings. The maximum atomic E-state index is 9.93. The minimum Gasteiger partial charge on any atom is -0.479 e. The van der Waals surface area contributed by atoms with Crippen molar-refractivity contribution in [3.8, 4) is 0 Å². The molecular weight excluding hydrogens is 248 g/mol. The minimum atomic E-state index is -4.68. The van der Waals surface area contributed by atoms with Gasteiger partial charge in [-0.3, -0.25) is 4.52 Å². The van der Waals surface area contributed by atoms with Crippen molar-refractivity contribution in [3.63, 3.8) is 0 Å². The Balaban J connectivity index is -0.000000167. The van der Waals surface area contributed by atoms with Crippen molar-refractivity contribution >= 4 is 102 Å². The summed E-state index contributed by atoms with van der Waals surface area (Å²) in [5.74, 6) is -1.60. The summed E-state index contributed by atoms with van der Waals surface area (Å²) in [5.41, 5.74) is 0. The van der Waals surface area contributed by atoms with Gasteiger partial charge in [-0.15, -0.1) is 0 Å². The average Bonchev–Trinajstić information content (AvgIpc) is 1.80. The first-order valence-corrected chi connectivity index (χ1v) is 3.97. The van der Waals surface area contributed by atoms with Crippen molar-refractivity contribution in [1.82, 2.24) is 0 Å². The molecule has 0 heterocycles. The molecule has 7 nitrogen and oxygen atoms in total. The van der Waals surface area contributed by atoms with Crippen LogP contribution in [0.2, 0.25) is 0 Å². The third-order valence-corrected chi connectivity index (χ3v) is 1.17. The van der Waals surface area contributed by atoms with Crippen LogP contribution in [0.4, 0.5) is 0 Å². The first-order chi connectivity index (χ1) is 4.83. The van der Waals surface area contributed by atoms with E-state index in [-0.39, 0.29) is 88.7 Å². The van der Waals surface area contributed by atoms with Crippen molar-refractivity contribution in [3.05, 3.63) is 0 Å². The van der Waals surface area contributed by atoms with Gasteiger partial charge in [0.15, 0.2) is 6.10 Å². The van der Waals surface area contributed by atoms with Gasteiger partial charge in [0.05, 0.1) is 6.61 Å². The number of carbonyl (C=O) groups is 1. The molecule has 0 aliphatic heterocycles. The Bertz CT molecular complexity index is 193. The van der Waals surface area contributed by atoms with E-state index in [1.165, 1.54) is 0 Å². The van der Waals surface area contributed by atoms with Gasteiger partial charge >= 0.3 is 13.8 Å². The molecule has 0 saturated heterocycles. The van der Waals surface area contributed by atoms with Crippen LogP contribution < -0.4 is 0 Å². The number of carboxylic acid groups (broad SMARTS) is 1. The van der Waals surface area contributed by atoms with E-state index in [1.807, 2.05) is 0 Å². The molecule has 1 atom stereocenters. The fourth-order valence-corrected chi connectivity index (χ4v) is 0.574. The van der Waals surface area contributed by atoms with E-state index >= 15 is 0 Å². The van der Waals surface area contributed by atoms with E-state index in [0.717, 1.165) is 0 Å². The van der Waals surface area contributed by atoms with Crippen LogP contribution in [0.5, 0.6) is 0 Å². The van der Waals surface area contributed by atoms with E-state index < -0.39 is 26.5 Å². The molecule has 0 bridgehead atoms. The van der Waals surface area contributed by atoms with E-state index in [2.05, 4.69) is 4.52 Å².